The molecule has 1 rings (SSSR count). The maximum atomic E-state index is 9.98. The number of nitrogens with two attached hydrogens (primary N) is 1. The fourth-order valence-corrected chi connectivity index (χ4v) is 1.84. The first-order valence-corrected chi connectivity index (χ1v) is 5.78. The molecular weight excluding hydrogens is 204 g/mol. The number of nitriles is 1. The summed E-state index contributed by atoms with van der Waals surface area (Å²) in [5.41, 5.74) is 5.41. The first kappa shape index (κ1) is 13.4. The zero-order chi connectivity index (χ0) is 12.2. The van der Waals surface area contributed by atoms with Gasteiger partial charge < -0.3 is 16.2 Å². The van der Waals surface area contributed by atoms with Gasteiger partial charge in [-0.3, -0.25) is 4.90 Å². The zero-order valence-corrected chi connectivity index (χ0v) is 10.1. The molecule has 0 aliphatic carbocycles. The molecule has 0 radical (unpaired) electrons. The Bertz CT molecular complexity index is 261. The van der Waals surface area contributed by atoms with Gasteiger partial charge in [-0.1, -0.05) is 0 Å². The van der Waals surface area contributed by atoms with Crippen LogP contribution in [0.3, 0.4) is 0 Å². The standard InChI is InChI=1S/C11H22N4O/c1-11(2,8-13)14-7-10(16)15-5-3-4-9(15)6-12/h9-10,14,16H,3-5,7-8,13H2,1-2H3. The van der Waals surface area contributed by atoms with Crippen LogP contribution in [0.4, 0.5) is 0 Å². The topological polar surface area (TPSA) is 85.3 Å². The average molecular weight is 226 g/mol. The molecule has 0 amide bonds. The predicted octanol–water partition coefficient (Wildman–Crippen LogP) is -0.380. The molecule has 1 saturated heterocycles. The number of rotatable bonds is 5. The molecule has 92 valence electrons. The van der Waals surface area contributed by atoms with Gasteiger partial charge in [-0.2, -0.15) is 5.26 Å². The number of hydrogen-bond acceptors (Lipinski definition) is 5. The van der Waals surface area contributed by atoms with Gasteiger partial charge in [0, 0.05) is 25.2 Å². The maximum absolute atomic E-state index is 9.98. The Morgan fingerprint density at radius 3 is 2.94 bits per heavy atom. The molecular formula is C11H22N4O. The van der Waals surface area contributed by atoms with Crippen molar-refractivity contribution in [1.29, 1.82) is 5.26 Å². The number of likely N-dealkylation sites (tertiary alicyclic amines) is 1. The monoisotopic (exact) mass is 226 g/mol. The Hall–Kier alpha value is -0.670. The minimum atomic E-state index is -0.599. The molecule has 1 aliphatic heterocycles. The largest absolute Gasteiger partial charge is 0.377 e. The van der Waals surface area contributed by atoms with Gasteiger partial charge in [-0.05, 0) is 26.7 Å². The summed E-state index contributed by atoms with van der Waals surface area (Å²) < 4.78 is 0. The Morgan fingerprint density at radius 2 is 2.38 bits per heavy atom. The lowest BCUT2D eigenvalue weighted by Crippen LogP contribution is -2.52. The second-order valence-corrected chi connectivity index (χ2v) is 4.97. The minimum Gasteiger partial charge on any atom is -0.377 e. The number of hydrogen-bond donors (Lipinski definition) is 3. The highest BCUT2D eigenvalue weighted by Crippen LogP contribution is 2.18. The molecule has 0 spiro atoms. The Kier molecular flexibility index (Phi) is 4.69. The van der Waals surface area contributed by atoms with Crippen molar-refractivity contribution >= 4 is 0 Å². The van der Waals surface area contributed by atoms with Crippen molar-refractivity contribution in [2.45, 2.75) is 44.5 Å². The van der Waals surface area contributed by atoms with Crippen molar-refractivity contribution in [2.24, 2.45) is 5.73 Å². The van der Waals surface area contributed by atoms with Crippen molar-refractivity contribution in [2.75, 3.05) is 19.6 Å². The van der Waals surface area contributed by atoms with Crippen molar-refractivity contribution < 1.29 is 5.11 Å². The molecule has 2 atom stereocenters. The lowest BCUT2D eigenvalue weighted by Gasteiger charge is -2.30. The van der Waals surface area contributed by atoms with Crippen LogP contribution in [0.2, 0.25) is 0 Å². The normalized spacial score (nSPS) is 24.3. The fourth-order valence-electron chi connectivity index (χ4n) is 1.84. The summed E-state index contributed by atoms with van der Waals surface area (Å²) in [7, 11) is 0. The molecule has 1 heterocycles. The van der Waals surface area contributed by atoms with Crippen molar-refractivity contribution in [3.8, 4) is 6.07 Å². The van der Waals surface area contributed by atoms with Crippen molar-refractivity contribution in [3.05, 3.63) is 0 Å². The first-order chi connectivity index (χ1) is 7.50. The third-order valence-electron chi connectivity index (χ3n) is 3.10. The first-order valence-electron chi connectivity index (χ1n) is 5.78. The lowest BCUT2D eigenvalue weighted by atomic mass is 10.1. The van der Waals surface area contributed by atoms with Gasteiger partial charge in [0.25, 0.3) is 0 Å². The van der Waals surface area contributed by atoms with Gasteiger partial charge in [0.2, 0.25) is 0 Å². The molecule has 5 heteroatoms. The van der Waals surface area contributed by atoms with E-state index in [1.807, 2.05) is 18.7 Å². The summed E-state index contributed by atoms with van der Waals surface area (Å²) in [6.45, 7) is 5.74. The molecule has 0 aromatic rings. The maximum Gasteiger partial charge on any atom is 0.121 e. The van der Waals surface area contributed by atoms with E-state index in [0.717, 1.165) is 19.4 Å². The van der Waals surface area contributed by atoms with Crippen LogP contribution in [0.25, 0.3) is 0 Å². The van der Waals surface area contributed by atoms with Crippen LogP contribution in [0.15, 0.2) is 0 Å². The van der Waals surface area contributed by atoms with E-state index in [9.17, 15) is 5.11 Å². The van der Waals surface area contributed by atoms with Gasteiger partial charge >= 0.3 is 0 Å². The van der Waals surface area contributed by atoms with Crippen LogP contribution in [-0.4, -0.2) is 47.4 Å². The van der Waals surface area contributed by atoms with E-state index in [-0.39, 0.29) is 11.6 Å². The van der Waals surface area contributed by atoms with E-state index < -0.39 is 6.23 Å². The number of β-amino-alcohol motifs (C(OH)–C–C–N with tert-alkyl or cyclic N) is 1. The van der Waals surface area contributed by atoms with Crippen molar-refractivity contribution in [3.63, 3.8) is 0 Å². The zero-order valence-electron chi connectivity index (χ0n) is 10.1. The molecule has 5 nitrogen and oxygen atoms in total. The third kappa shape index (κ3) is 3.42. The fraction of sp³-hybridized carbons (Fsp3) is 0.909. The number of aliphatic hydroxyl groups excluding tert-OH is 1. The van der Waals surface area contributed by atoms with E-state index >= 15 is 0 Å². The van der Waals surface area contributed by atoms with Crippen LogP contribution in [0, 0.1) is 11.3 Å². The van der Waals surface area contributed by atoms with Crippen LogP contribution >= 0.6 is 0 Å². The molecule has 0 bridgehead atoms. The van der Waals surface area contributed by atoms with Crippen LogP contribution < -0.4 is 11.1 Å². The molecule has 0 saturated carbocycles. The highest BCUT2D eigenvalue weighted by Gasteiger charge is 2.30. The van der Waals surface area contributed by atoms with E-state index in [1.165, 1.54) is 0 Å². The second kappa shape index (κ2) is 5.60. The Morgan fingerprint density at radius 1 is 1.69 bits per heavy atom. The minimum absolute atomic E-state index is 0.141. The lowest BCUT2D eigenvalue weighted by molar-refractivity contribution is 0.00352. The van der Waals surface area contributed by atoms with E-state index in [4.69, 9.17) is 11.0 Å². The highest BCUT2D eigenvalue weighted by atomic mass is 16.3. The average Bonchev–Trinajstić information content (AvgIpc) is 2.74. The van der Waals surface area contributed by atoms with Crippen LogP contribution in [0.1, 0.15) is 26.7 Å². The van der Waals surface area contributed by atoms with E-state index in [1.54, 1.807) is 0 Å². The summed E-state index contributed by atoms with van der Waals surface area (Å²) in [6.07, 6.45) is 1.24. The van der Waals surface area contributed by atoms with Crippen molar-refractivity contribution in [1.82, 2.24) is 10.2 Å². The van der Waals surface area contributed by atoms with Crippen LogP contribution in [-0.2, 0) is 0 Å². The van der Waals surface area contributed by atoms with E-state index in [2.05, 4.69) is 11.4 Å². The summed E-state index contributed by atoms with van der Waals surface area (Å²) in [5, 5.41) is 22.1. The van der Waals surface area contributed by atoms with Gasteiger partial charge in [0.15, 0.2) is 0 Å². The molecule has 4 N–H and O–H groups in total. The molecule has 0 aromatic carbocycles. The Balaban J connectivity index is 2.41. The molecule has 1 fully saturated rings. The SMILES string of the molecule is CC(C)(CN)NCC(O)N1CCCC1C#N. The summed E-state index contributed by atoms with van der Waals surface area (Å²) in [5.74, 6) is 0. The smallest absolute Gasteiger partial charge is 0.121 e. The van der Waals surface area contributed by atoms with Gasteiger partial charge in [-0.25, -0.2) is 0 Å². The van der Waals surface area contributed by atoms with Crippen LogP contribution in [0.5, 0.6) is 0 Å². The second-order valence-electron chi connectivity index (χ2n) is 4.97. The summed E-state index contributed by atoms with van der Waals surface area (Å²) >= 11 is 0. The van der Waals surface area contributed by atoms with Gasteiger partial charge in [0.1, 0.15) is 6.23 Å². The summed E-state index contributed by atoms with van der Waals surface area (Å²) in [6, 6.07) is 2.08. The number of nitrogens with one attached hydrogen (secondary N) is 1. The van der Waals surface area contributed by atoms with Gasteiger partial charge in [0.05, 0.1) is 12.1 Å². The molecule has 1 aliphatic rings. The predicted molar refractivity (Wildman–Crippen MR) is 62.5 cm³/mol. The molecule has 16 heavy (non-hydrogen) atoms. The van der Waals surface area contributed by atoms with Gasteiger partial charge in [-0.15, -0.1) is 0 Å². The summed E-state index contributed by atoms with van der Waals surface area (Å²) in [4.78, 5) is 1.85. The highest BCUT2D eigenvalue weighted by molar-refractivity contribution is 4.97. The Labute approximate surface area is 97.2 Å². The molecule has 2 unspecified atom stereocenters. The third-order valence-corrected chi connectivity index (χ3v) is 3.10. The quantitative estimate of drug-likeness (QED) is 0.595. The number of aliphatic hydroxyl groups is 1. The number of nitrogens with zero attached hydrogens (tertiary/aromatic N) is 2. The van der Waals surface area contributed by atoms with E-state index in [0.29, 0.717) is 13.1 Å². The molecule has 0 aromatic heterocycles.